The van der Waals surface area contributed by atoms with Crippen molar-refractivity contribution < 1.29 is 46.9 Å². The van der Waals surface area contributed by atoms with E-state index in [1.807, 2.05) is 89.3 Å². The van der Waals surface area contributed by atoms with Crippen molar-refractivity contribution in [2.45, 2.75) is 290 Å². The van der Waals surface area contributed by atoms with Gasteiger partial charge in [-0.1, -0.05) is 163 Å². The first-order valence-corrected chi connectivity index (χ1v) is 50.7. The number of imidazole rings is 2. The Labute approximate surface area is 606 Å². The number of benzene rings is 3. The molecule has 0 spiro atoms. The Hall–Kier alpha value is -4.26. The van der Waals surface area contributed by atoms with Crippen molar-refractivity contribution in [2.75, 3.05) is 13.2 Å². The largest absolute Gasteiger partial charge is 0.462 e. The first-order chi connectivity index (χ1) is 45.5. The standard InChI is InChI=1S/C43H68N2O5SSi2.C37H62N2O5Si2/c1-29(32(4)50-53(14,15)42(5,6)7)21-22-30(2)40-35(48-43(8,9)49-40)23-24-36(51-33-19-17-16-18-20-33)38-37(41(46)47-25-26-52(11,12)13)31(3)27-34-39(38)44-28-45(34)10;1-25(28(4)44-46(14,15)36(5,6)7)19-20-26(2)34-31(42-37(8,9)43-34)18-16-17-29-32(35(40)41-21-22-45(11,12)13)27(3)23-30-33(29)38-24-39(30)10/h16-22,27-30,32,35-36,40H,23-26H2,1-15H3;16-17,19-20,23-26,28,31,34H,18,21-22H2,1-15H3/b22-21-;17-16+,20-19-/t29-,30?,32+,35+,36?,40-;25-,26?,28+,31+,34-/m11/s1. The number of carbonyl (C=O) groups excluding carboxylic acids is 2. The lowest BCUT2D eigenvalue weighted by Crippen LogP contribution is -2.44. The maximum Gasteiger partial charge on any atom is 0.339 e. The van der Waals surface area contributed by atoms with E-state index in [1.54, 1.807) is 18.1 Å². The highest BCUT2D eigenvalue weighted by atomic mass is 32.2. The average Bonchev–Trinajstić information content (AvgIpc) is 1.72. The van der Waals surface area contributed by atoms with E-state index in [-0.39, 0.29) is 87.6 Å². The Morgan fingerprint density at radius 2 is 1.03 bits per heavy atom. The summed E-state index contributed by atoms with van der Waals surface area (Å²) in [7, 11) is -2.47. The third-order valence-electron chi connectivity index (χ3n) is 20.8. The molecular formula is C80H130N4O10SSi4. The highest BCUT2D eigenvalue weighted by Gasteiger charge is 2.46. The van der Waals surface area contributed by atoms with Gasteiger partial charge in [-0.3, -0.25) is 0 Å². The van der Waals surface area contributed by atoms with Gasteiger partial charge in [-0.05, 0) is 170 Å². The molecule has 2 aliphatic rings. The lowest BCUT2D eigenvalue weighted by atomic mass is 9.91. The summed E-state index contributed by atoms with van der Waals surface area (Å²) in [5, 5.41) is 0.258. The SMILES string of the molecule is Cc1cc2c(ncn2C)c(/C=C/C[C@@H]2OC(C)(C)O[C@@H]2C(C)/C=C\[C@@H](C)[C@H](C)O[Si](C)(C)C(C)(C)C)c1C(=O)OCC[Si](C)(C)C.Cc1cc2c(ncn2C)c(C(CC[C@@H]2OC(C)(C)O[C@@H]2C(C)/C=C\[C@@H](C)[C@H](C)O[Si](C)(C)C(C)(C)C)Sc2ccccc2)c1C(=O)OCC[Si](C)(C)C. The molecule has 2 aliphatic heterocycles. The molecule has 14 nitrogen and oxygen atoms in total. The lowest BCUT2D eigenvalue weighted by Gasteiger charge is -2.39. The van der Waals surface area contributed by atoms with Gasteiger partial charge in [0.05, 0.1) is 83.5 Å². The van der Waals surface area contributed by atoms with Gasteiger partial charge in [0, 0.05) is 75.6 Å². The van der Waals surface area contributed by atoms with Crippen LogP contribution in [-0.4, -0.2) is 125 Å². The van der Waals surface area contributed by atoms with E-state index < -0.39 is 44.4 Å². The van der Waals surface area contributed by atoms with Crippen LogP contribution >= 0.6 is 11.8 Å². The van der Waals surface area contributed by atoms with Crippen LogP contribution in [0.1, 0.15) is 178 Å². The van der Waals surface area contributed by atoms with Gasteiger partial charge in [0.1, 0.15) is 0 Å². The molecular weight excluding hydrogens is 1320 g/mol. The molecule has 0 amide bonds. The number of esters is 2. The highest BCUT2D eigenvalue weighted by Crippen LogP contribution is 2.47. The van der Waals surface area contributed by atoms with Gasteiger partial charge in [0.25, 0.3) is 0 Å². The van der Waals surface area contributed by atoms with Crippen molar-refractivity contribution in [1.82, 2.24) is 19.1 Å². The fourth-order valence-electron chi connectivity index (χ4n) is 12.2. The predicted molar refractivity (Wildman–Crippen MR) is 424 cm³/mol. The van der Waals surface area contributed by atoms with Crippen molar-refractivity contribution in [2.24, 2.45) is 37.8 Å². The fourth-order valence-corrected chi connectivity index (χ4v) is 17.9. The summed E-state index contributed by atoms with van der Waals surface area (Å²) < 4.78 is 55.4. The number of ether oxygens (including phenoxy) is 6. The van der Waals surface area contributed by atoms with Crippen molar-refractivity contribution in [3.8, 4) is 0 Å². The van der Waals surface area contributed by atoms with Crippen LogP contribution < -0.4 is 0 Å². The van der Waals surface area contributed by atoms with E-state index in [2.05, 4.69) is 214 Å². The van der Waals surface area contributed by atoms with Crippen molar-refractivity contribution in [1.29, 1.82) is 0 Å². The molecule has 11 atom stereocenters. The lowest BCUT2D eigenvalue weighted by molar-refractivity contribution is -0.149. The minimum atomic E-state index is -1.88. The first-order valence-electron chi connectivity index (χ1n) is 36.6. The molecule has 0 aliphatic carbocycles. The number of hydrogen-bond acceptors (Lipinski definition) is 13. The monoisotopic (exact) mass is 1450 g/mol. The quantitative estimate of drug-likeness (QED) is 0.0194. The van der Waals surface area contributed by atoms with Crippen molar-refractivity contribution in [3.63, 3.8) is 0 Å². The summed E-state index contributed by atoms with van der Waals surface area (Å²) in [6.45, 7) is 62.8. The molecule has 2 aromatic heterocycles. The summed E-state index contributed by atoms with van der Waals surface area (Å²) in [5.41, 5.74) is 8.38. The molecule has 0 bridgehead atoms. The Kier molecular flexibility index (Phi) is 28.5. The molecule has 5 aromatic rings. The molecule has 99 heavy (non-hydrogen) atoms. The van der Waals surface area contributed by atoms with E-state index in [1.165, 1.54) is 0 Å². The highest BCUT2D eigenvalue weighted by molar-refractivity contribution is 7.99. The summed E-state index contributed by atoms with van der Waals surface area (Å²) in [6, 6.07) is 16.4. The van der Waals surface area contributed by atoms with Gasteiger partial charge in [0.15, 0.2) is 28.2 Å². The molecule has 2 fully saturated rings. The molecule has 4 heterocycles. The number of hydrogen-bond donors (Lipinski definition) is 0. The van der Waals surface area contributed by atoms with Crippen LogP contribution in [0.5, 0.6) is 0 Å². The van der Waals surface area contributed by atoms with E-state index in [0.29, 0.717) is 30.8 Å². The molecule has 7 rings (SSSR count). The molecule has 19 heteroatoms. The molecule has 552 valence electrons. The third-order valence-corrected chi connectivity index (χ3v) is 34.6. The van der Waals surface area contributed by atoms with Crippen LogP contribution in [0.2, 0.25) is 87.6 Å². The Balaban J connectivity index is 0.000000315. The zero-order valence-electron chi connectivity index (χ0n) is 66.7. The minimum absolute atomic E-state index is 0.0820. The van der Waals surface area contributed by atoms with E-state index in [4.69, 9.17) is 42.3 Å². The summed E-state index contributed by atoms with van der Waals surface area (Å²) in [6.07, 6.45) is 18.8. The zero-order valence-corrected chi connectivity index (χ0v) is 71.6. The molecule has 0 saturated carbocycles. The topological polar surface area (TPSA) is 144 Å². The number of aromatic nitrogens is 4. The average molecular weight is 1450 g/mol. The number of rotatable bonds is 29. The Bertz CT molecular complexity index is 3590. The fraction of sp³-hybridized carbons (Fsp3) is 0.650. The van der Waals surface area contributed by atoms with Gasteiger partial charge < -0.3 is 46.4 Å². The number of nitrogens with zero attached hydrogens (tertiary/aromatic N) is 4. The summed E-state index contributed by atoms with van der Waals surface area (Å²) in [4.78, 5) is 38.2. The van der Waals surface area contributed by atoms with E-state index >= 15 is 0 Å². The van der Waals surface area contributed by atoms with Crippen LogP contribution in [0.15, 0.2) is 90.4 Å². The molecule has 0 radical (unpaired) electrons. The maximum absolute atomic E-state index is 14.1. The van der Waals surface area contributed by atoms with Crippen LogP contribution in [0.3, 0.4) is 0 Å². The summed E-state index contributed by atoms with van der Waals surface area (Å²) in [5.74, 6) is -1.13. The zero-order chi connectivity index (χ0) is 74.3. The second kappa shape index (κ2) is 33.7. The first kappa shape index (κ1) is 83.7. The molecule has 2 saturated heterocycles. The smallest absolute Gasteiger partial charge is 0.339 e. The molecule has 0 N–H and O–H groups in total. The normalized spacial score (nSPS) is 20.9. The second-order valence-electron chi connectivity index (χ2n) is 35.1. The van der Waals surface area contributed by atoms with E-state index in [9.17, 15) is 9.59 Å². The number of carbonyl (C=O) groups is 2. The van der Waals surface area contributed by atoms with Crippen LogP contribution in [0, 0.1) is 37.5 Å². The van der Waals surface area contributed by atoms with Crippen LogP contribution in [0.4, 0.5) is 0 Å². The second-order valence-corrected chi connectivity index (χ2v) is 57.1. The molecule has 3 aromatic carbocycles. The maximum atomic E-state index is 14.1. The van der Waals surface area contributed by atoms with Crippen LogP contribution in [0.25, 0.3) is 28.1 Å². The number of fused-ring (bicyclic) bond motifs is 2. The third kappa shape index (κ3) is 23.1. The Morgan fingerprint density at radius 3 is 1.49 bits per heavy atom. The van der Waals surface area contributed by atoms with Gasteiger partial charge in [-0.2, -0.15) is 0 Å². The van der Waals surface area contributed by atoms with E-state index in [0.717, 1.165) is 74.1 Å². The van der Waals surface area contributed by atoms with Crippen LogP contribution in [-0.2, 0) is 51.4 Å². The predicted octanol–water partition coefficient (Wildman–Crippen LogP) is 21.3. The van der Waals surface area contributed by atoms with Gasteiger partial charge in [-0.25, -0.2) is 19.6 Å². The number of thioether (sulfide) groups is 1. The minimum Gasteiger partial charge on any atom is -0.462 e. The number of aryl methyl sites for hydroxylation is 4. The van der Waals surface area contributed by atoms with Crippen molar-refractivity contribution >= 4 is 84.6 Å². The van der Waals surface area contributed by atoms with Crippen molar-refractivity contribution in [3.05, 3.63) is 119 Å². The Morgan fingerprint density at radius 1 is 0.606 bits per heavy atom. The summed E-state index contributed by atoms with van der Waals surface area (Å²) >= 11 is 1.78. The van der Waals surface area contributed by atoms with Gasteiger partial charge >= 0.3 is 11.9 Å². The van der Waals surface area contributed by atoms with Gasteiger partial charge in [-0.15, -0.1) is 11.8 Å². The molecule has 3 unspecified atom stereocenters. The van der Waals surface area contributed by atoms with Gasteiger partial charge in [0.2, 0.25) is 0 Å².